The van der Waals surface area contributed by atoms with Gasteiger partial charge in [0.15, 0.2) is 0 Å². The Morgan fingerprint density at radius 1 is 1.32 bits per heavy atom. The lowest BCUT2D eigenvalue weighted by molar-refractivity contribution is 0.0946. The van der Waals surface area contributed by atoms with Crippen molar-refractivity contribution < 1.29 is 9.53 Å². The van der Waals surface area contributed by atoms with Crippen LogP contribution in [-0.2, 0) is 6.54 Å². The Balaban J connectivity index is 2.04. The van der Waals surface area contributed by atoms with Crippen LogP contribution in [0, 0.1) is 0 Å². The Morgan fingerprint density at radius 3 is 2.89 bits per heavy atom. The molecule has 0 bridgehead atoms. The maximum atomic E-state index is 12.1. The average molecular weight is 257 g/mol. The highest BCUT2D eigenvalue weighted by molar-refractivity contribution is 5.96. The predicted molar refractivity (Wildman–Crippen MR) is 70.8 cm³/mol. The molecule has 0 aliphatic rings. The van der Waals surface area contributed by atoms with Crippen molar-refractivity contribution in [1.29, 1.82) is 0 Å². The lowest BCUT2D eigenvalue weighted by Crippen LogP contribution is -2.23. The van der Waals surface area contributed by atoms with E-state index in [-0.39, 0.29) is 5.91 Å². The number of ether oxygens (including phenoxy) is 1. The zero-order chi connectivity index (χ0) is 13.5. The number of pyridine rings is 2. The van der Waals surface area contributed by atoms with Crippen LogP contribution in [0.4, 0.5) is 0 Å². The number of aromatic nitrogens is 2. The summed E-state index contributed by atoms with van der Waals surface area (Å²) < 4.78 is 5.33. The molecule has 2 rings (SSSR count). The monoisotopic (exact) mass is 257 g/mol. The van der Waals surface area contributed by atoms with Crippen molar-refractivity contribution in [2.45, 2.75) is 13.5 Å². The number of carbonyl (C=O) groups is 1. The lowest BCUT2D eigenvalue weighted by atomic mass is 10.2. The minimum absolute atomic E-state index is 0.208. The van der Waals surface area contributed by atoms with Gasteiger partial charge in [-0.3, -0.25) is 9.78 Å². The summed E-state index contributed by atoms with van der Waals surface area (Å²) >= 11 is 0. The largest absolute Gasteiger partial charge is 0.477 e. The van der Waals surface area contributed by atoms with E-state index >= 15 is 0 Å². The van der Waals surface area contributed by atoms with Gasteiger partial charge < -0.3 is 10.1 Å². The van der Waals surface area contributed by atoms with Gasteiger partial charge in [-0.05, 0) is 30.7 Å². The molecule has 0 aliphatic carbocycles. The van der Waals surface area contributed by atoms with E-state index in [2.05, 4.69) is 15.3 Å². The summed E-state index contributed by atoms with van der Waals surface area (Å²) in [7, 11) is 0. The number of nitrogens with zero attached hydrogens (tertiary/aromatic N) is 2. The van der Waals surface area contributed by atoms with Gasteiger partial charge in [-0.1, -0.05) is 6.07 Å². The van der Waals surface area contributed by atoms with E-state index in [1.165, 1.54) is 0 Å². The molecule has 1 amide bonds. The number of rotatable bonds is 5. The molecule has 0 fully saturated rings. The minimum atomic E-state index is -0.208. The van der Waals surface area contributed by atoms with Crippen molar-refractivity contribution >= 4 is 5.91 Å². The summed E-state index contributed by atoms with van der Waals surface area (Å²) in [5.74, 6) is 0.147. The van der Waals surface area contributed by atoms with Gasteiger partial charge in [-0.15, -0.1) is 0 Å². The molecule has 1 N–H and O–H groups in total. The zero-order valence-corrected chi connectivity index (χ0v) is 10.7. The first kappa shape index (κ1) is 13.0. The fraction of sp³-hybridized carbons (Fsp3) is 0.214. The van der Waals surface area contributed by atoms with Crippen LogP contribution in [-0.4, -0.2) is 22.5 Å². The van der Waals surface area contributed by atoms with Crippen molar-refractivity contribution in [3.05, 3.63) is 54.0 Å². The van der Waals surface area contributed by atoms with E-state index in [4.69, 9.17) is 4.74 Å². The van der Waals surface area contributed by atoms with Crippen molar-refractivity contribution in [2.75, 3.05) is 6.61 Å². The topological polar surface area (TPSA) is 64.1 Å². The van der Waals surface area contributed by atoms with E-state index in [1.807, 2.05) is 19.1 Å². The molecular weight excluding hydrogens is 242 g/mol. The molecule has 5 nitrogen and oxygen atoms in total. The van der Waals surface area contributed by atoms with Gasteiger partial charge in [0.1, 0.15) is 5.56 Å². The maximum Gasteiger partial charge on any atom is 0.257 e. The molecule has 5 heteroatoms. The molecule has 2 aromatic heterocycles. The molecule has 0 atom stereocenters. The number of amides is 1. The number of hydrogen-bond donors (Lipinski definition) is 1. The fourth-order valence-electron chi connectivity index (χ4n) is 1.60. The molecule has 0 saturated carbocycles. The van der Waals surface area contributed by atoms with Crippen LogP contribution in [0.25, 0.3) is 0 Å². The third kappa shape index (κ3) is 3.51. The summed E-state index contributed by atoms with van der Waals surface area (Å²) in [6.07, 6.45) is 5.01. The molecule has 0 aromatic carbocycles. The van der Waals surface area contributed by atoms with Crippen LogP contribution in [0.1, 0.15) is 22.8 Å². The second-order valence-electron chi connectivity index (χ2n) is 3.83. The summed E-state index contributed by atoms with van der Waals surface area (Å²) in [5.41, 5.74) is 1.38. The first-order chi connectivity index (χ1) is 9.31. The van der Waals surface area contributed by atoms with E-state index < -0.39 is 0 Å². The van der Waals surface area contributed by atoms with Crippen molar-refractivity contribution in [3.8, 4) is 5.88 Å². The Morgan fingerprint density at radius 2 is 2.16 bits per heavy atom. The predicted octanol–water partition coefficient (Wildman–Crippen LogP) is 1.81. The Bertz CT molecular complexity index is 543. The van der Waals surface area contributed by atoms with E-state index in [9.17, 15) is 4.79 Å². The van der Waals surface area contributed by atoms with Gasteiger partial charge in [-0.25, -0.2) is 4.98 Å². The highest BCUT2D eigenvalue weighted by atomic mass is 16.5. The number of carbonyl (C=O) groups excluding carboxylic acids is 1. The van der Waals surface area contributed by atoms with Crippen LogP contribution in [0.5, 0.6) is 5.88 Å². The number of hydrogen-bond acceptors (Lipinski definition) is 4. The highest BCUT2D eigenvalue weighted by Gasteiger charge is 2.12. The van der Waals surface area contributed by atoms with Crippen molar-refractivity contribution in [3.63, 3.8) is 0 Å². The number of nitrogens with one attached hydrogen (secondary N) is 1. The normalized spacial score (nSPS) is 9.95. The van der Waals surface area contributed by atoms with E-state index in [1.54, 1.807) is 30.7 Å². The van der Waals surface area contributed by atoms with Crippen LogP contribution in [0.3, 0.4) is 0 Å². The van der Waals surface area contributed by atoms with E-state index in [0.29, 0.717) is 24.6 Å². The summed E-state index contributed by atoms with van der Waals surface area (Å²) in [5, 5.41) is 2.82. The first-order valence-corrected chi connectivity index (χ1v) is 6.06. The van der Waals surface area contributed by atoms with Crippen molar-refractivity contribution in [2.24, 2.45) is 0 Å². The van der Waals surface area contributed by atoms with Gasteiger partial charge >= 0.3 is 0 Å². The van der Waals surface area contributed by atoms with E-state index in [0.717, 1.165) is 5.56 Å². The second kappa shape index (κ2) is 6.49. The van der Waals surface area contributed by atoms with Crippen LogP contribution < -0.4 is 10.1 Å². The van der Waals surface area contributed by atoms with Gasteiger partial charge in [-0.2, -0.15) is 0 Å². The molecule has 0 spiro atoms. The molecule has 19 heavy (non-hydrogen) atoms. The van der Waals surface area contributed by atoms with Crippen molar-refractivity contribution in [1.82, 2.24) is 15.3 Å². The average Bonchev–Trinajstić information content (AvgIpc) is 2.47. The van der Waals surface area contributed by atoms with Crippen LogP contribution >= 0.6 is 0 Å². The third-order valence-electron chi connectivity index (χ3n) is 2.47. The first-order valence-electron chi connectivity index (χ1n) is 6.06. The Labute approximate surface area is 111 Å². The van der Waals surface area contributed by atoms with Gasteiger partial charge in [0, 0.05) is 25.1 Å². The van der Waals surface area contributed by atoms with Crippen LogP contribution in [0.15, 0.2) is 42.9 Å². The van der Waals surface area contributed by atoms with Gasteiger partial charge in [0.2, 0.25) is 5.88 Å². The lowest BCUT2D eigenvalue weighted by Gasteiger charge is -2.09. The molecule has 0 radical (unpaired) electrons. The summed E-state index contributed by atoms with van der Waals surface area (Å²) in [6.45, 7) is 2.75. The molecular formula is C14H15N3O2. The molecule has 98 valence electrons. The SMILES string of the molecule is CCOc1ncccc1C(=O)NCc1cccnc1. The maximum absolute atomic E-state index is 12.1. The molecule has 0 aliphatic heterocycles. The summed E-state index contributed by atoms with van der Waals surface area (Å²) in [6, 6.07) is 7.13. The molecule has 2 aromatic rings. The van der Waals surface area contributed by atoms with Gasteiger partial charge in [0.25, 0.3) is 5.91 Å². The molecule has 2 heterocycles. The quantitative estimate of drug-likeness (QED) is 0.887. The highest BCUT2D eigenvalue weighted by Crippen LogP contribution is 2.14. The molecule has 0 saturated heterocycles. The Kier molecular flexibility index (Phi) is 4.44. The molecule has 0 unspecified atom stereocenters. The fourth-order valence-corrected chi connectivity index (χ4v) is 1.60. The second-order valence-corrected chi connectivity index (χ2v) is 3.83. The smallest absolute Gasteiger partial charge is 0.257 e. The minimum Gasteiger partial charge on any atom is -0.477 e. The third-order valence-corrected chi connectivity index (χ3v) is 2.47. The van der Waals surface area contributed by atoms with Gasteiger partial charge in [0.05, 0.1) is 6.61 Å². The standard InChI is InChI=1S/C14H15N3O2/c1-2-19-14-12(6-4-8-16-14)13(18)17-10-11-5-3-7-15-9-11/h3-9H,2,10H2,1H3,(H,17,18). The Hall–Kier alpha value is -2.43. The zero-order valence-electron chi connectivity index (χ0n) is 10.7. The summed E-state index contributed by atoms with van der Waals surface area (Å²) in [4.78, 5) is 20.1. The van der Waals surface area contributed by atoms with Crippen LogP contribution in [0.2, 0.25) is 0 Å².